The fourth-order valence-electron chi connectivity index (χ4n) is 18.1. The van der Waals surface area contributed by atoms with Crippen LogP contribution in [0.25, 0.3) is 245 Å². The van der Waals surface area contributed by atoms with Crippen LogP contribution in [0.4, 0.5) is 0 Å². The monoisotopic (exact) mass is 2400 g/mol. The molecule has 21 heteroatoms. The van der Waals surface area contributed by atoms with Gasteiger partial charge in [0.1, 0.15) is 0 Å². The van der Waals surface area contributed by atoms with Gasteiger partial charge in [0.15, 0.2) is 0 Å². The van der Waals surface area contributed by atoms with Crippen molar-refractivity contribution in [1.29, 1.82) is 0 Å². The van der Waals surface area contributed by atoms with Gasteiger partial charge in [-0.25, -0.2) is 0 Å². The number of benzene rings is 12. The zero-order chi connectivity index (χ0) is 91.4. The van der Waals surface area contributed by atoms with Crippen molar-refractivity contribution in [1.82, 2.24) is 73.5 Å². The zero-order valence-corrected chi connectivity index (χ0v) is 83.5. The van der Waals surface area contributed by atoms with E-state index in [0.29, 0.717) is 0 Å². The smallest absolute Gasteiger partial charge is 0.346 e. The molecule has 15 heterocycles. The quantitative estimate of drug-likeness (QED) is 0.0892. The first kappa shape index (κ1) is 90.3. The molecule has 0 aliphatic heterocycles. The van der Waals surface area contributed by atoms with Crippen molar-refractivity contribution in [3.63, 3.8) is 0 Å². The summed E-state index contributed by atoms with van der Waals surface area (Å²) in [6.07, 6.45) is 27.7. The number of aromatic nitrogens is 15. The molecule has 0 bridgehead atoms. The second kappa shape index (κ2) is 39.5. The first-order valence-electron chi connectivity index (χ1n) is 44.9. The van der Waals surface area contributed by atoms with Crippen LogP contribution in [-0.4, -0.2) is 73.5 Å². The van der Waals surface area contributed by atoms with Gasteiger partial charge in [-0.05, 0) is 208 Å². The van der Waals surface area contributed by atoms with Crippen LogP contribution in [0.1, 0.15) is 0 Å². The normalized spacial score (nSPS) is 11.2. The molecule has 0 aliphatic carbocycles. The molecule has 141 heavy (non-hydrogen) atoms. The van der Waals surface area contributed by atoms with Gasteiger partial charge < -0.3 is 28.7 Å². The van der Waals surface area contributed by atoms with Gasteiger partial charge in [-0.2, -0.15) is 34.0 Å². The van der Waals surface area contributed by atoms with Gasteiger partial charge >= 0.3 is 63.2 Å². The standard InChI is InChI=1S/3C40H23N5S.3Pt/c1-3-11-36-32(9-1)33-17-14-27(40-44-35-10-2-4-12-39(35)46-40)22-38(33)45(36)37-21-26(13-16-31(37)30-8-6-20-42-24-30)34-18-15-29(25-43-34)28-7-5-19-41-23-28;1-2-19-43-35(10-1)28-6-3-9-32(20-28)45-37-16-13-26(30-7-4-17-41-24-30)21-34(37)33-14-11-29(22-38(33)45)40-44-36-15-12-27(23-39(36)46-40)31-8-5-18-42-25-31;1-2-11-39-36(10-1)44-40(46-39)28-12-15-33-34-21-26(29-7-4-18-41-23-29)14-17-37(34)45(38(33)22-28)32-9-3-6-27(20-32)35-16-13-31(25-43-35)30-8-5-19-42-24-30;;;/h1-20,23-25H;2*1-19,21,23-25H;;;/q3*-2;3*+2. The Bertz CT molecular complexity index is 9210. The molecule has 15 aromatic heterocycles. The Morgan fingerprint density at radius 1 is 0.213 bits per heavy atom. The van der Waals surface area contributed by atoms with Crippen LogP contribution in [0.15, 0.2) is 421 Å². The average molecular weight is 2400 g/mol. The van der Waals surface area contributed by atoms with E-state index in [1.807, 2.05) is 147 Å². The van der Waals surface area contributed by atoms with Gasteiger partial charge in [0.2, 0.25) is 0 Å². The van der Waals surface area contributed by atoms with Gasteiger partial charge in [-0.15, -0.1) is 155 Å². The first-order chi connectivity index (χ1) is 68.4. The van der Waals surface area contributed by atoms with Crippen LogP contribution in [0, 0.1) is 36.4 Å². The fraction of sp³-hybridized carbons (Fsp3) is 0. The van der Waals surface area contributed by atoms with Gasteiger partial charge in [-0.1, -0.05) is 167 Å². The summed E-state index contributed by atoms with van der Waals surface area (Å²) < 4.78 is 10.2. The van der Waals surface area contributed by atoms with E-state index >= 15 is 0 Å². The number of hydrogen-bond donors (Lipinski definition) is 0. The average Bonchev–Trinajstić information content (AvgIpc) is 1.59. The molecule has 0 saturated heterocycles. The number of hydrogen-bond acceptors (Lipinski definition) is 15. The molecule has 0 saturated carbocycles. The topological polar surface area (TPSA) is 169 Å². The van der Waals surface area contributed by atoms with E-state index in [0.717, 1.165) is 245 Å². The van der Waals surface area contributed by atoms with Crippen LogP contribution < -0.4 is 0 Å². The Balaban J connectivity index is 0.000000120. The zero-order valence-electron chi connectivity index (χ0n) is 74.2. The molecule has 0 N–H and O–H groups in total. The number of rotatable bonds is 15. The minimum absolute atomic E-state index is 0. The Hall–Kier alpha value is -15.9. The first-order valence-corrected chi connectivity index (χ1v) is 47.3. The van der Waals surface area contributed by atoms with Gasteiger partial charge in [0.05, 0.1) is 16.6 Å². The Morgan fingerprint density at radius 3 is 1.04 bits per heavy atom. The molecule has 0 spiro atoms. The van der Waals surface area contributed by atoms with Crippen LogP contribution in [0.5, 0.6) is 0 Å². The van der Waals surface area contributed by atoms with Crippen molar-refractivity contribution < 1.29 is 63.2 Å². The number of thiazole rings is 3. The third-order valence-corrected chi connectivity index (χ3v) is 28.0. The van der Waals surface area contributed by atoms with Crippen molar-refractivity contribution in [2.24, 2.45) is 0 Å². The SMILES string of the molecule is [Pt+2].[Pt+2].[Pt+2].[c-]1c(-c2ccc(-c3cccnc3)cn2)ccc(-c2cccnc2)c1-n1c2[c-]c(-c3nc4ccccc4s3)ccc2c2ccccc21.[c-]1c(-c2ccc(-c3cccnc3)cn2)cccc1-n1c2[c-]c(-c3nc4ccccc4s3)ccc2c2cc(-c3cccnc3)ccc21.[c-]1c(-c2ccccn2)cccc1-n1c2[c-]c(-c3nc4ccc(-c5cccnc5)cc4s3)ccc2c2cc(-c3cccnc3)ccc21. The Morgan fingerprint density at radius 2 is 0.589 bits per heavy atom. The van der Waals surface area contributed by atoms with E-state index in [1.165, 1.54) is 0 Å². The van der Waals surface area contributed by atoms with Crippen molar-refractivity contribution in [3.8, 4) is 149 Å². The predicted octanol–water partition coefficient (Wildman–Crippen LogP) is 29.5. The third-order valence-electron chi connectivity index (χ3n) is 24.8. The van der Waals surface area contributed by atoms with Gasteiger partial charge in [0, 0.05) is 155 Å². The van der Waals surface area contributed by atoms with Crippen molar-refractivity contribution in [2.75, 3.05) is 0 Å². The fourth-order valence-corrected chi connectivity index (χ4v) is 21.0. The van der Waals surface area contributed by atoms with Gasteiger partial charge in [0.25, 0.3) is 0 Å². The molecule has 27 rings (SSSR count). The summed E-state index contributed by atoms with van der Waals surface area (Å²) in [6, 6.07) is 135. The summed E-state index contributed by atoms with van der Waals surface area (Å²) in [5.74, 6) is 0. The molecule has 0 radical (unpaired) electrons. The largest absolute Gasteiger partial charge is 2.00 e. The summed E-state index contributed by atoms with van der Waals surface area (Å²) in [7, 11) is 0. The molecular weight excluding hydrogens is 2330 g/mol. The summed E-state index contributed by atoms with van der Waals surface area (Å²) in [6.45, 7) is 0. The summed E-state index contributed by atoms with van der Waals surface area (Å²) in [5, 5.41) is 9.61. The number of para-hydroxylation sites is 3. The molecule has 0 atom stereocenters. The van der Waals surface area contributed by atoms with E-state index in [9.17, 15) is 0 Å². The maximum Gasteiger partial charge on any atom is 2.00 e. The van der Waals surface area contributed by atoms with E-state index in [-0.39, 0.29) is 63.2 Å². The molecule has 672 valence electrons. The minimum atomic E-state index is 0. The molecule has 12 aromatic carbocycles. The van der Waals surface area contributed by atoms with Crippen LogP contribution >= 0.6 is 34.0 Å². The Labute approximate surface area is 865 Å². The predicted molar refractivity (Wildman–Crippen MR) is 560 cm³/mol. The summed E-state index contributed by atoms with van der Waals surface area (Å²) in [5.41, 5.74) is 32.8. The van der Waals surface area contributed by atoms with E-state index in [2.05, 4.69) is 322 Å². The molecule has 15 nitrogen and oxygen atoms in total. The van der Waals surface area contributed by atoms with Crippen molar-refractivity contribution >= 4 is 130 Å². The second-order valence-corrected chi connectivity index (χ2v) is 36.2. The van der Waals surface area contributed by atoms with Crippen LogP contribution in [0.3, 0.4) is 0 Å². The van der Waals surface area contributed by atoms with E-state index in [4.69, 9.17) is 24.9 Å². The van der Waals surface area contributed by atoms with Gasteiger partial charge in [-0.3, -0.25) is 44.9 Å². The number of nitrogens with zero attached hydrogens (tertiary/aromatic N) is 15. The van der Waals surface area contributed by atoms with E-state index < -0.39 is 0 Å². The molecule has 0 unspecified atom stereocenters. The number of pyridine rings is 9. The Kier molecular flexibility index (Phi) is 25.3. The third kappa shape index (κ3) is 17.6. The molecule has 27 aromatic rings. The van der Waals surface area contributed by atoms with Crippen molar-refractivity contribution in [3.05, 3.63) is 457 Å². The second-order valence-electron chi connectivity index (χ2n) is 33.1. The minimum Gasteiger partial charge on any atom is -0.346 e. The van der Waals surface area contributed by atoms with Crippen molar-refractivity contribution in [2.45, 2.75) is 0 Å². The molecule has 0 amide bonds. The molecular formula is C120H69N15Pt3S3. The van der Waals surface area contributed by atoms with Crippen LogP contribution in [-0.2, 0) is 63.2 Å². The number of fused-ring (bicyclic) bond motifs is 12. The maximum atomic E-state index is 5.03. The maximum absolute atomic E-state index is 5.03. The molecule has 0 aliphatic rings. The summed E-state index contributed by atoms with van der Waals surface area (Å²) in [4.78, 5) is 55.1. The summed E-state index contributed by atoms with van der Waals surface area (Å²) >= 11 is 5.06. The van der Waals surface area contributed by atoms with Crippen LogP contribution in [0.2, 0.25) is 0 Å². The molecule has 0 fully saturated rings. The van der Waals surface area contributed by atoms with E-state index in [1.54, 1.807) is 71.2 Å².